The number of urea groups is 1. The fourth-order valence-corrected chi connectivity index (χ4v) is 1.76. The summed E-state index contributed by atoms with van der Waals surface area (Å²) in [5, 5.41) is 5.67. The molecule has 5 heteroatoms. The second kappa shape index (κ2) is 6.58. The summed E-state index contributed by atoms with van der Waals surface area (Å²) in [5.74, 6) is 0. The van der Waals surface area contributed by atoms with Crippen molar-refractivity contribution < 1.29 is 4.79 Å². The first-order valence-corrected chi connectivity index (χ1v) is 6.32. The summed E-state index contributed by atoms with van der Waals surface area (Å²) in [6, 6.07) is 7.54. The predicted molar refractivity (Wildman–Crippen MR) is 75.0 cm³/mol. The van der Waals surface area contributed by atoms with E-state index in [0.717, 1.165) is 24.2 Å². The maximum absolute atomic E-state index is 11.7. The number of amides is 2. The first kappa shape index (κ1) is 13.1. The molecule has 0 saturated carbocycles. The summed E-state index contributed by atoms with van der Waals surface area (Å²) in [7, 11) is 0. The topological polar surface area (TPSA) is 59.0 Å². The van der Waals surface area contributed by atoms with Crippen molar-refractivity contribution in [2.24, 2.45) is 0 Å². The van der Waals surface area contributed by atoms with Crippen LogP contribution in [0.1, 0.15) is 12.0 Å². The molecule has 0 bridgehead atoms. The van der Waals surface area contributed by atoms with Gasteiger partial charge in [0.15, 0.2) is 0 Å². The quantitative estimate of drug-likeness (QED) is 0.809. The van der Waals surface area contributed by atoms with E-state index in [-0.39, 0.29) is 6.03 Å². The molecule has 2 amide bonds. The molecule has 19 heavy (non-hydrogen) atoms. The van der Waals surface area contributed by atoms with E-state index < -0.39 is 0 Å². The minimum atomic E-state index is -0.167. The molecule has 0 saturated heterocycles. The number of aryl methyl sites for hydroxylation is 2. The Morgan fingerprint density at radius 2 is 2.21 bits per heavy atom. The van der Waals surface area contributed by atoms with Gasteiger partial charge in [0.1, 0.15) is 0 Å². The van der Waals surface area contributed by atoms with Crippen molar-refractivity contribution >= 4 is 11.7 Å². The molecule has 2 aromatic rings. The monoisotopic (exact) mass is 258 g/mol. The number of carbonyl (C=O) groups excluding carboxylic acids is 1. The molecule has 1 aromatic carbocycles. The highest BCUT2D eigenvalue weighted by Crippen LogP contribution is 2.12. The maximum atomic E-state index is 11.7. The number of aromatic nitrogens is 2. The van der Waals surface area contributed by atoms with Gasteiger partial charge in [0, 0.05) is 31.2 Å². The standard InChI is InChI=1S/C14H18N4O/c1-12-5-2-3-6-13(12)17-14(19)16-7-4-9-18-10-8-15-11-18/h2-3,5-6,8,10-11H,4,7,9H2,1H3,(H2,16,17,19). The van der Waals surface area contributed by atoms with Crippen LogP contribution in [0, 0.1) is 6.92 Å². The van der Waals surface area contributed by atoms with Gasteiger partial charge >= 0.3 is 6.03 Å². The molecule has 0 atom stereocenters. The van der Waals surface area contributed by atoms with Gasteiger partial charge in [0.25, 0.3) is 0 Å². The average Bonchev–Trinajstić information content (AvgIpc) is 2.91. The lowest BCUT2D eigenvalue weighted by Crippen LogP contribution is -2.30. The highest BCUT2D eigenvalue weighted by atomic mass is 16.2. The van der Waals surface area contributed by atoms with Crippen LogP contribution < -0.4 is 10.6 Å². The van der Waals surface area contributed by atoms with E-state index in [1.807, 2.05) is 42.0 Å². The number of imidazole rings is 1. The molecule has 2 rings (SSSR count). The van der Waals surface area contributed by atoms with Gasteiger partial charge < -0.3 is 15.2 Å². The van der Waals surface area contributed by atoms with E-state index in [4.69, 9.17) is 0 Å². The lowest BCUT2D eigenvalue weighted by atomic mass is 10.2. The van der Waals surface area contributed by atoms with Crippen molar-refractivity contribution in [1.82, 2.24) is 14.9 Å². The number of carbonyl (C=O) groups is 1. The smallest absolute Gasteiger partial charge is 0.319 e. The van der Waals surface area contributed by atoms with Crippen molar-refractivity contribution in [2.75, 3.05) is 11.9 Å². The molecule has 0 aliphatic carbocycles. The summed E-state index contributed by atoms with van der Waals surface area (Å²) in [6.07, 6.45) is 6.30. The molecule has 0 spiro atoms. The van der Waals surface area contributed by atoms with E-state index in [9.17, 15) is 4.79 Å². The number of nitrogens with zero attached hydrogens (tertiary/aromatic N) is 2. The van der Waals surface area contributed by atoms with Gasteiger partial charge in [-0.05, 0) is 25.0 Å². The van der Waals surface area contributed by atoms with Crippen LogP contribution >= 0.6 is 0 Å². The SMILES string of the molecule is Cc1ccccc1NC(=O)NCCCn1ccnc1. The molecule has 2 N–H and O–H groups in total. The van der Waals surface area contributed by atoms with Crippen LogP contribution in [0.3, 0.4) is 0 Å². The van der Waals surface area contributed by atoms with Gasteiger partial charge in [-0.2, -0.15) is 0 Å². The van der Waals surface area contributed by atoms with Gasteiger partial charge in [-0.3, -0.25) is 0 Å². The van der Waals surface area contributed by atoms with Gasteiger partial charge in [-0.15, -0.1) is 0 Å². The Kier molecular flexibility index (Phi) is 4.55. The minimum absolute atomic E-state index is 0.167. The van der Waals surface area contributed by atoms with Gasteiger partial charge in [0.2, 0.25) is 0 Å². The summed E-state index contributed by atoms with van der Waals surface area (Å²) in [4.78, 5) is 15.6. The molecule has 5 nitrogen and oxygen atoms in total. The van der Waals surface area contributed by atoms with Crippen molar-refractivity contribution in [3.05, 3.63) is 48.5 Å². The summed E-state index contributed by atoms with van der Waals surface area (Å²) >= 11 is 0. The van der Waals surface area contributed by atoms with Gasteiger partial charge in [-0.25, -0.2) is 9.78 Å². The minimum Gasteiger partial charge on any atom is -0.338 e. The fraction of sp³-hybridized carbons (Fsp3) is 0.286. The Labute approximate surface area is 112 Å². The van der Waals surface area contributed by atoms with E-state index in [2.05, 4.69) is 15.6 Å². The Hall–Kier alpha value is -2.30. The number of benzene rings is 1. The number of hydrogen-bond donors (Lipinski definition) is 2. The average molecular weight is 258 g/mol. The zero-order valence-electron chi connectivity index (χ0n) is 11.0. The molecule has 0 radical (unpaired) electrons. The van der Waals surface area contributed by atoms with E-state index >= 15 is 0 Å². The Morgan fingerprint density at radius 3 is 2.95 bits per heavy atom. The molecule has 0 unspecified atom stereocenters. The van der Waals surface area contributed by atoms with Gasteiger partial charge in [0.05, 0.1) is 6.33 Å². The fourth-order valence-electron chi connectivity index (χ4n) is 1.76. The van der Waals surface area contributed by atoms with Crippen molar-refractivity contribution in [3.8, 4) is 0 Å². The largest absolute Gasteiger partial charge is 0.338 e. The number of anilines is 1. The number of nitrogens with one attached hydrogen (secondary N) is 2. The van der Waals surface area contributed by atoms with Crippen molar-refractivity contribution in [1.29, 1.82) is 0 Å². The van der Waals surface area contributed by atoms with Crippen LogP contribution in [-0.4, -0.2) is 22.1 Å². The lowest BCUT2D eigenvalue weighted by molar-refractivity contribution is 0.252. The zero-order valence-corrected chi connectivity index (χ0v) is 11.0. The van der Waals surface area contributed by atoms with Crippen LogP contribution in [0.2, 0.25) is 0 Å². The highest BCUT2D eigenvalue weighted by Gasteiger charge is 2.02. The molecule has 0 aliphatic heterocycles. The van der Waals surface area contributed by atoms with Crippen LogP contribution in [0.25, 0.3) is 0 Å². The Bertz CT molecular complexity index is 522. The van der Waals surface area contributed by atoms with E-state index in [0.29, 0.717) is 6.54 Å². The first-order chi connectivity index (χ1) is 9.25. The van der Waals surface area contributed by atoms with E-state index in [1.165, 1.54) is 0 Å². The molecular weight excluding hydrogens is 240 g/mol. The molecular formula is C14H18N4O. The third-order valence-electron chi connectivity index (χ3n) is 2.83. The van der Waals surface area contributed by atoms with Crippen molar-refractivity contribution in [3.63, 3.8) is 0 Å². The van der Waals surface area contributed by atoms with Crippen LogP contribution in [-0.2, 0) is 6.54 Å². The number of hydrogen-bond acceptors (Lipinski definition) is 2. The molecule has 1 aromatic heterocycles. The second-order valence-electron chi connectivity index (χ2n) is 4.35. The first-order valence-electron chi connectivity index (χ1n) is 6.32. The number of para-hydroxylation sites is 1. The van der Waals surface area contributed by atoms with Gasteiger partial charge in [-0.1, -0.05) is 18.2 Å². The maximum Gasteiger partial charge on any atom is 0.319 e. The van der Waals surface area contributed by atoms with Crippen LogP contribution in [0.15, 0.2) is 43.0 Å². The van der Waals surface area contributed by atoms with Crippen LogP contribution in [0.5, 0.6) is 0 Å². The predicted octanol–water partition coefficient (Wildman–Crippen LogP) is 2.40. The summed E-state index contributed by atoms with van der Waals surface area (Å²) in [5.41, 5.74) is 1.89. The number of rotatable bonds is 5. The molecule has 0 fully saturated rings. The highest BCUT2D eigenvalue weighted by molar-refractivity contribution is 5.89. The molecule has 0 aliphatic rings. The van der Waals surface area contributed by atoms with E-state index in [1.54, 1.807) is 12.5 Å². The lowest BCUT2D eigenvalue weighted by Gasteiger charge is -2.09. The summed E-state index contributed by atoms with van der Waals surface area (Å²) < 4.78 is 1.99. The van der Waals surface area contributed by atoms with Crippen molar-refractivity contribution in [2.45, 2.75) is 19.9 Å². The Morgan fingerprint density at radius 1 is 1.37 bits per heavy atom. The Balaban J connectivity index is 1.69. The third kappa shape index (κ3) is 4.13. The summed E-state index contributed by atoms with van der Waals surface area (Å²) in [6.45, 7) is 3.45. The third-order valence-corrected chi connectivity index (χ3v) is 2.83. The van der Waals surface area contributed by atoms with Crippen LogP contribution in [0.4, 0.5) is 10.5 Å². The second-order valence-corrected chi connectivity index (χ2v) is 4.35. The normalized spacial score (nSPS) is 10.2. The molecule has 1 heterocycles. The molecule has 100 valence electrons. The zero-order chi connectivity index (χ0) is 13.5.